The van der Waals surface area contributed by atoms with Crippen molar-refractivity contribution < 1.29 is 4.79 Å². The zero-order chi connectivity index (χ0) is 8.27. The van der Waals surface area contributed by atoms with Gasteiger partial charge in [0, 0.05) is 0 Å². The van der Waals surface area contributed by atoms with Gasteiger partial charge in [-0.25, -0.2) is 15.8 Å². The second-order valence-corrected chi connectivity index (χ2v) is 2.09. The quantitative estimate of drug-likeness (QED) is 0.347. The summed E-state index contributed by atoms with van der Waals surface area (Å²) >= 11 is 5.42. The van der Waals surface area contributed by atoms with Gasteiger partial charge in [-0.15, -0.1) is 0 Å². The molecule has 0 aromatic carbocycles. The summed E-state index contributed by atoms with van der Waals surface area (Å²) in [5.41, 5.74) is 2.05. The van der Waals surface area contributed by atoms with Crippen molar-refractivity contribution in [3.8, 4) is 0 Å². The Bertz CT molecular complexity index is 260. The number of nitrogens with two attached hydrogens (primary N) is 1. The Morgan fingerprint density at radius 3 is 2.73 bits per heavy atom. The molecular formula is C5H5ClN4O. The summed E-state index contributed by atoms with van der Waals surface area (Å²) in [7, 11) is 0. The van der Waals surface area contributed by atoms with Crippen LogP contribution in [0.25, 0.3) is 0 Å². The van der Waals surface area contributed by atoms with Gasteiger partial charge in [-0.05, 0) is 0 Å². The maximum absolute atomic E-state index is 10.7. The number of hydrogen-bond donors (Lipinski definition) is 2. The molecule has 1 aromatic rings. The first-order chi connectivity index (χ1) is 5.24. The fraction of sp³-hybridized carbons (Fsp3) is 0. The Labute approximate surface area is 67.6 Å². The van der Waals surface area contributed by atoms with Gasteiger partial charge < -0.3 is 0 Å². The molecule has 0 saturated heterocycles. The molecule has 0 aliphatic carbocycles. The first-order valence-corrected chi connectivity index (χ1v) is 3.10. The summed E-state index contributed by atoms with van der Waals surface area (Å²) in [5.74, 6) is 4.35. The van der Waals surface area contributed by atoms with Crippen LogP contribution in [-0.4, -0.2) is 15.9 Å². The summed E-state index contributed by atoms with van der Waals surface area (Å²) in [6, 6.07) is 0. The molecule has 58 valence electrons. The van der Waals surface area contributed by atoms with Crippen LogP contribution in [0.1, 0.15) is 10.5 Å². The van der Waals surface area contributed by atoms with Gasteiger partial charge in [-0.3, -0.25) is 10.2 Å². The summed E-state index contributed by atoms with van der Waals surface area (Å²) in [5, 5.41) is 0.235. The highest BCUT2D eigenvalue weighted by atomic mass is 35.5. The SMILES string of the molecule is NNC(=O)c1cnc(Cl)cn1. The van der Waals surface area contributed by atoms with Crippen LogP contribution in [0.3, 0.4) is 0 Å². The Hall–Kier alpha value is -1.20. The summed E-state index contributed by atoms with van der Waals surface area (Å²) in [6.07, 6.45) is 2.51. The van der Waals surface area contributed by atoms with Gasteiger partial charge in [0.25, 0.3) is 5.91 Å². The van der Waals surface area contributed by atoms with Crippen molar-refractivity contribution in [2.75, 3.05) is 0 Å². The van der Waals surface area contributed by atoms with Gasteiger partial charge in [0.05, 0.1) is 12.4 Å². The van der Waals surface area contributed by atoms with Crippen LogP contribution in [0.15, 0.2) is 12.4 Å². The Balaban J connectivity index is 2.90. The van der Waals surface area contributed by atoms with Gasteiger partial charge >= 0.3 is 0 Å². The summed E-state index contributed by atoms with van der Waals surface area (Å²) in [4.78, 5) is 18.0. The Morgan fingerprint density at radius 1 is 1.55 bits per heavy atom. The Kier molecular flexibility index (Phi) is 2.35. The molecule has 1 heterocycles. The fourth-order valence-corrected chi connectivity index (χ4v) is 0.601. The van der Waals surface area contributed by atoms with E-state index in [0.29, 0.717) is 0 Å². The molecule has 0 aliphatic heterocycles. The number of amides is 1. The third kappa shape index (κ3) is 1.86. The number of carbonyl (C=O) groups excluding carboxylic acids is 1. The van der Waals surface area contributed by atoms with Gasteiger partial charge in [0.1, 0.15) is 10.8 Å². The van der Waals surface area contributed by atoms with Crippen LogP contribution in [-0.2, 0) is 0 Å². The molecule has 0 aliphatic rings. The first-order valence-electron chi connectivity index (χ1n) is 2.72. The number of rotatable bonds is 1. The van der Waals surface area contributed by atoms with E-state index in [0.717, 1.165) is 0 Å². The molecule has 1 rings (SSSR count). The largest absolute Gasteiger partial charge is 0.289 e. The minimum atomic E-state index is -0.492. The number of hydrazine groups is 1. The highest BCUT2D eigenvalue weighted by Gasteiger charge is 2.03. The van der Waals surface area contributed by atoms with E-state index in [1.807, 2.05) is 5.43 Å². The van der Waals surface area contributed by atoms with Gasteiger partial charge in [0.2, 0.25) is 0 Å². The van der Waals surface area contributed by atoms with E-state index < -0.39 is 5.91 Å². The minimum Gasteiger partial charge on any atom is -0.289 e. The van der Waals surface area contributed by atoms with E-state index in [-0.39, 0.29) is 10.8 Å². The second kappa shape index (κ2) is 3.27. The third-order valence-corrected chi connectivity index (χ3v) is 1.18. The van der Waals surface area contributed by atoms with Crippen LogP contribution < -0.4 is 11.3 Å². The highest BCUT2D eigenvalue weighted by molar-refractivity contribution is 6.29. The summed E-state index contributed by atoms with van der Waals surface area (Å²) < 4.78 is 0. The normalized spacial score (nSPS) is 9.27. The molecule has 0 atom stereocenters. The number of carbonyl (C=O) groups is 1. The lowest BCUT2D eigenvalue weighted by Gasteiger charge is -1.95. The van der Waals surface area contributed by atoms with Gasteiger partial charge in [-0.2, -0.15) is 0 Å². The van der Waals surface area contributed by atoms with E-state index in [1.54, 1.807) is 0 Å². The van der Waals surface area contributed by atoms with Crippen molar-refractivity contribution in [3.05, 3.63) is 23.2 Å². The smallest absolute Gasteiger partial charge is 0.285 e. The molecule has 11 heavy (non-hydrogen) atoms. The van der Waals surface area contributed by atoms with Gasteiger partial charge in [0.15, 0.2) is 0 Å². The van der Waals surface area contributed by atoms with Crippen molar-refractivity contribution in [3.63, 3.8) is 0 Å². The summed E-state index contributed by atoms with van der Waals surface area (Å²) in [6.45, 7) is 0. The van der Waals surface area contributed by atoms with E-state index in [2.05, 4.69) is 9.97 Å². The molecular weight excluding hydrogens is 168 g/mol. The van der Waals surface area contributed by atoms with E-state index in [9.17, 15) is 4.79 Å². The average Bonchev–Trinajstić information content (AvgIpc) is 2.05. The van der Waals surface area contributed by atoms with Crippen molar-refractivity contribution in [1.29, 1.82) is 0 Å². The number of hydrogen-bond acceptors (Lipinski definition) is 4. The van der Waals surface area contributed by atoms with Crippen LogP contribution in [0, 0.1) is 0 Å². The number of nitrogens with zero attached hydrogens (tertiary/aromatic N) is 2. The lowest BCUT2D eigenvalue weighted by Crippen LogP contribution is -2.30. The topological polar surface area (TPSA) is 80.9 Å². The van der Waals surface area contributed by atoms with Crippen molar-refractivity contribution in [2.24, 2.45) is 5.84 Å². The third-order valence-electron chi connectivity index (χ3n) is 0.984. The molecule has 3 N–H and O–H groups in total. The molecule has 0 spiro atoms. The van der Waals surface area contributed by atoms with E-state index >= 15 is 0 Å². The van der Waals surface area contributed by atoms with Crippen LogP contribution in [0.2, 0.25) is 5.15 Å². The predicted molar refractivity (Wildman–Crippen MR) is 38.7 cm³/mol. The van der Waals surface area contributed by atoms with Crippen molar-refractivity contribution >= 4 is 17.5 Å². The molecule has 6 heteroatoms. The lowest BCUT2D eigenvalue weighted by molar-refractivity contribution is 0.0948. The molecule has 0 fully saturated rings. The number of nitrogens with one attached hydrogen (secondary N) is 1. The second-order valence-electron chi connectivity index (χ2n) is 1.70. The number of aromatic nitrogens is 2. The molecule has 1 amide bonds. The first kappa shape index (κ1) is 7.90. The molecule has 5 nitrogen and oxygen atoms in total. The zero-order valence-electron chi connectivity index (χ0n) is 5.41. The maximum atomic E-state index is 10.7. The monoisotopic (exact) mass is 172 g/mol. The minimum absolute atomic E-state index is 0.136. The molecule has 1 aromatic heterocycles. The molecule has 0 radical (unpaired) electrons. The predicted octanol–water partition coefficient (Wildman–Crippen LogP) is -0.267. The zero-order valence-corrected chi connectivity index (χ0v) is 6.17. The van der Waals surface area contributed by atoms with Crippen molar-refractivity contribution in [2.45, 2.75) is 0 Å². The van der Waals surface area contributed by atoms with Gasteiger partial charge in [-0.1, -0.05) is 11.6 Å². The van der Waals surface area contributed by atoms with E-state index in [1.165, 1.54) is 12.4 Å². The highest BCUT2D eigenvalue weighted by Crippen LogP contribution is 2.00. The van der Waals surface area contributed by atoms with Crippen LogP contribution in [0.4, 0.5) is 0 Å². The molecule has 0 bridgehead atoms. The standard InChI is InChI=1S/C5H5ClN4O/c6-4-2-8-3(1-9-4)5(11)10-7/h1-2H,7H2,(H,10,11). The number of nitrogen functional groups attached to an aromatic ring is 1. The maximum Gasteiger partial charge on any atom is 0.285 e. The average molecular weight is 173 g/mol. The van der Waals surface area contributed by atoms with Crippen LogP contribution >= 0.6 is 11.6 Å². The molecule has 0 unspecified atom stereocenters. The van der Waals surface area contributed by atoms with Crippen LogP contribution in [0.5, 0.6) is 0 Å². The number of halogens is 1. The lowest BCUT2D eigenvalue weighted by atomic mass is 10.4. The Morgan fingerprint density at radius 2 is 2.27 bits per heavy atom. The fourth-order valence-electron chi connectivity index (χ4n) is 0.503. The van der Waals surface area contributed by atoms with Crippen molar-refractivity contribution in [1.82, 2.24) is 15.4 Å². The molecule has 0 saturated carbocycles. The van der Waals surface area contributed by atoms with E-state index in [4.69, 9.17) is 17.4 Å².